The molecular formula is C23H43ClO4. The molecule has 0 aliphatic carbocycles. The first-order chi connectivity index (χ1) is 13.6. The highest BCUT2D eigenvalue weighted by molar-refractivity contribution is 6.20. The highest BCUT2D eigenvalue weighted by Crippen LogP contribution is 2.12. The molecule has 1 atom stereocenters. The van der Waals surface area contributed by atoms with Gasteiger partial charge in [0.25, 0.3) is 0 Å². The molecule has 0 N–H and O–H groups in total. The van der Waals surface area contributed by atoms with E-state index in [1.807, 2.05) is 0 Å². The zero-order valence-corrected chi connectivity index (χ0v) is 19.1. The number of hydrogen-bond acceptors (Lipinski definition) is 4. The Morgan fingerprint density at radius 2 is 1.11 bits per heavy atom. The van der Waals surface area contributed by atoms with Crippen LogP contribution in [0.5, 0.6) is 0 Å². The molecule has 1 unspecified atom stereocenters. The average Bonchev–Trinajstić information content (AvgIpc) is 2.67. The Hall–Kier alpha value is -0.770. The second-order valence-corrected chi connectivity index (χ2v) is 8.53. The molecule has 0 amide bonds. The maximum Gasteiger partial charge on any atom is 0.305 e. The zero-order chi connectivity index (χ0) is 20.9. The summed E-state index contributed by atoms with van der Waals surface area (Å²) in [6.07, 6.45) is 17.6. The van der Waals surface area contributed by atoms with Crippen LogP contribution >= 0.6 is 11.6 Å². The highest BCUT2D eigenvalue weighted by Gasteiger charge is 2.07. The van der Waals surface area contributed by atoms with E-state index < -0.39 is 0 Å². The molecule has 0 bridgehead atoms. The molecule has 4 nitrogen and oxygen atoms in total. The van der Waals surface area contributed by atoms with E-state index in [9.17, 15) is 9.59 Å². The number of unbranched alkanes of at least 4 members (excludes halogenated alkanes) is 12. The Morgan fingerprint density at radius 1 is 0.679 bits per heavy atom. The van der Waals surface area contributed by atoms with Crippen molar-refractivity contribution in [1.29, 1.82) is 0 Å². The highest BCUT2D eigenvalue weighted by atomic mass is 35.5. The summed E-state index contributed by atoms with van der Waals surface area (Å²) in [5.74, 6) is -0.414. The Bertz CT molecular complexity index is 372. The first-order valence-electron chi connectivity index (χ1n) is 11.5. The summed E-state index contributed by atoms with van der Waals surface area (Å²) in [6, 6.07) is 0. The van der Waals surface area contributed by atoms with Gasteiger partial charge in [0, 0.05) is 12.8 Å². The van der Waals surface area contributed by atoms with E-state index in [0.29, 0.717) is 32.3 Å². The third-order valence-corrected chi connectivity index (χ3v) is 4.87. The van der Waals surface area contributed by atoms with Crippen LogP contribution in [0.3, 0.4) is 0 Å². The lowest BCUT2D eigenvalue weighted by Gasteiger charge is -2.06. The van der Waals surface area contributed by atoms with Gasteiger partial charge in [0.15, 0.2) is 0 Å². The predicted molar refractivity (Wildman–Crippen MR) is 117 cm³/mol. The lowest BCUT2D eigenvalue weighted by molar-refractivity contribution is -0.146. The van der Waals surface area contributed by atoms with Gasteiger partial charge in [-0.25, -0.2) is 0 Å². The minimum Gasteiger partial charge on any atom is -0.466 e. The van der Waals surface area contributed by atoms with Crippen LogP contribution in [0.2, 0.25) is 0 Å². The largest absolute Gasteiger partial charge is 0.466 e. The van der Waals surface area contributed by atoms with Crippen LogP contribution in [0.4, 0.5) is 0 Å². The molecule has 0 aromatic rings. The van der Waals surface area contributed by atoms with Crippen LogP contribution in [-0.2, 0) is 19.1 Å². The summed E-state index contributed by atoms with van der Waals surface area (Å²) in [4.78, 5) is 23.1. The first kappa shape index (κ1) is 27.2. The molecule has 0 heterocycles. The molecule has 166 valence electrons. The van der Waals surface area contributed by atoms with Crippen molar-refractivity contribution in [2.75, 3.05) is 13.2 Å². The van der Waals surface area contributed by atoms with Crippen molar-refractivity contribution in [2.45, 2.75) is 122 Å². The minimum atomic E-state index is -0.252. The van der Waals surface area contributed by atoms with Gasteiger partial charge in [-0.1, -0.05) is 77.6 Å². The van der Waals surface area contributed by atoms with Gasteiger partial charge in [-0.2, -0.15) is 0 Å². The van der Waals surface area contributed by atoms with Gasteiger partial charge in [0.2, 0.25) is 0 Å². The minimum absolute atomic E-state index is 0.161. The summed E-state index contributed by atoms with van der Waals surface area (Å²) in [7, 11) is 0. The number of rotatable bonds is 20. The van der Waals surface area contributed by atoms with Gasteiger partial charge in [-0.3, -0.25) is 9.59 Å². The monoisotopic (exact) mass is 418 g/mol. The van der Waals surface area contributed by atoms with Crippen LogP contribution in [0, 0.1) is 0 Å². The third kappa shape index (κ3) is 21.5. The third-order valence-electron chi connectivity index (χ3n) is 4.75. The van der Waals surface area contributed by atoms with E-state index in [1.165, 1.54) is 64.2 Å². The van der Waals surface area contributed by atoms with Gasteiger partial charge < -0.3 is 9.47 Å². The maximum atomic E-state index is 11.6. The number of ether oxygens (including phenoxy) is 2. The zero-order valence-electron chi connectivity index (χ0n) is 18.3. The van der Waals surface area contributed by atoms with Gasteiger partial charge in [-0.05, 0) is 26.2 Å². The normalized spacial score (nSPS) is 12.0. The smallest absolute Gasteiger partial charge is 0.305 e. The molecule has 0 saturated carbocycles. The van der Waals surface area contributed by atoms with E-state index in [4.69, 9.17) is 21.1 Å². The fourth-order valence-corrected chi connectivity index (χ4v) is 3.08. The van der Waals surface area contributed by atoms with Gasteiger partial charge >= 0.3 is 11.9 Å². The van der Waals surface area contributed by atoms with Crippen molar-refractivity contribution in [1.82, 2.24) is 0 Å². The van der Waals surface area contributed by atoms with Crippen LogP contribution < -0.4 is 0 Å². The molecule has 0 aromatic heterocycles. The van der Waals surface area contributed by atoms with Gasteiger partial charge in [0.05, 0.1) is 12.0 Å². The fraction of sp³-hybridized carbons (Fsp3) is 0.913. The van der Waals surface area contributed by atoms with E-state index >= 15 is 0 Å². The van der Waals surface area contributed by atoms with Crippen molar-refractivity contribution < 1.29 is 19.1 Å². The van der Waals surface area contributed by atoms with Gasteiger partial charge in [0.1, 0.15) is 6.61 Å². The Morgan fingerprint density at radius 3 is 1.57 bits per heavy atom. The number of carbonyl (C=O) groups excluding carboxylic acids is 2. The topological polar surface area (TPSA) is 52.6 Å². The summed E-state index contributed by atoms with van der Waals surface area (Å²) < 4.78 is 10.2. The number of hydrogen-bond donors (Lipinski definition) is 0. The first-order valence-corrected chi connectivity index (χ1v) is 11.9. The predicted octanol–water partition coefficient (Wildman–Crippen LogP) is 6.96. The Labute approximate surface area is 178 Å². The van der Waals surface area contributed by atoms with E-state index in [0.717, 1.165) is 12.8 Å². The van der Waals surface area contributed by atoms with E-state index in [2.05, 4.69) is 6.92 Å². The molecule has 28 heavy (non-hydrogen) atoms. The second-order valence-electron chi connectivity index (χ2n) is 7.78. The molecule has 0 radical (unpaired) electrons. The van der Waals surface area contributed by atoms with Crippen LogP contribution in [-0.4, -0.2) is 30.5 Å². The van der Waals surface area contributed by atoms with Crippen molar-refractivity contribution in [3.8, 4) is 0 Å². The van der Waals surface area contributed by atoms with E-state index in [-0.39, 0.29) is 23.9 Å². The summed E-state index contributed by atoms with van der Waals surface area (Å²) in [6.45, 7) is 4.79. The molecule has 0 fully saturated rings. The van der Waals surface area contributed by atoms with E-state index in [1.54, 1.807) is 6.92 Å². The second kappa shape index (κ2) is 21.0. The van der Waals surface area contributed by atoms with Gasteiger partial charge in [-0.15, -0.1) is 11.6 Å². The molecule has 0 aliphatic rings. The molecule has 0 saturated heterocycles. The average molecular weight is 419 g/mol. The summed E-state index contributed by atoms with van der Waals surface area (Å²) in [5, 5.41) is -0.167. The number of alkyl halides is 1. The van der Waals surface area contributed by atoms with Crippen LogP contribution in [0.15, 0.2) is 0 Å². The van der Waals surface area contributed by atoms with Crippen molar-refractivity contribution >= 4 is 23.5 Å². The van der Waals surface area contributed by atoms with Crippen LogP contribution in [0.25, 0.3) is 0 Å². The summed E-state index contributed by atoms with van der Waals surface area (Å²) >= 11 is 5.71. The van der Waals surface area contributed by atoms with Crippen LogP contribution in [0.1, 0.15) is 117 Å². The Balaban J connectivity index is 3.26. The molecule has 0 rings (SSSR count). The fourth-order valence-electron chi connectivity index (χ4n) is 3.02. The number of carbonyl (C=O) groups is 2. The maximum absolute atomic E-state index is 11.6. The standard InChI is InChI=1S/C23H43ClO4/c1-3-4-5-6-7-8-9-10-11-12-13-16-19-27-22(25)17-14-15-18-23(26)28-20-21(2)24/h21H,3-20H2,1-2H3. The molecule has 5 heteroatoms. The van der Waals surface area contributed by atoms with Crippen molar-refractivity contribution in [2.24, 2.45) is 0 Å². The molecule has 0 spiro atoms. The molecular weight excluding hydrogens is 376 g/mol. The lowest BCUT2D eigenvalue weighted by Crippen LogP contribution is -2.11. The lowest BCUT2D eigenvalue weighted by atomic mass is 10.1. The van der Waals surface area contributed by atoms with Crippen molar-refractivity contribution in [3.63, 3.8) is 0 Å². The summed E-state index contributed by atoms with van der Waals surface area (Å²) in [5.41, 5.74) is 0. The SMILES string of the molecule is CCCCCCCCCCCCCCOC(=O)CCCCC(=O)OCC(C)Cl. The molecule has 0 aliphatic heterocycles. The quantitative estimate of drug-likeness (QED) is 0.122. The van der Waals surface area contributed by atoms with Crippen molar-refractivity contribution in [3.05, 3.63) is 0 Å². The Kier molecular flexibility index (Phi) is 20.4. The molecule has 0 aromatic carbocycles. The number of halogens is 1. The number of esters is 2.